The molecule has 0 radical (unpaired) electrons. The highest BCUT2D eigenvalue weighted by atomic mass is 32.2. The van der Waals surface area contributed by atoms with Gasteiger partial charge in [-0.25, -0.2) is 18.1 Å². The van der Waals surface area contributed by atoms with Gasteiger partial charge in [0.2, 0.25) is 0 Å². The summed E-state index contributed by atoms with van der Waals surface area (Å²) in [6.45, 7) is 3.81. The molecule has 0 bridgehead atoms. The van der Waals surface area contributed by atoms with Gasteiger partial charge in [0.25, 0.3) is 10.0 Å². The second kappa shape index (κ2) is 4.55. The molecule has 0 aromatic carbocycles. The van der Waals surface area contributed by atoms with Crippen molar-refractivity contribution < 1.29 is 8.42 Å². The summed E-state index contributed by atoms with van der Waals surface area (Å²) < 4.78 is 27.3. The van der Waals surface area contributed by atoms with Crippen LogP contribution in [0.25, 0.3) is 0 Å². The standard InChI is InChI=1S/C10H17N3O2S2/c1-6-3-4-8(5-6)13-17(14,15)9-7(2)12-10(11)16-9/h6,8,13H,3-5H2,1-2H3,(H2,11,12). The van der Waals surface area contributed by atoms with Gasteiger partial charge in [-0.1, -0.05) is 18.3 Å². The van der Waals surface area contributed by atoms with Crippen molar-refractivity contribution in [3.05, 3.63) is 5.69 Å². The van der Waals surface area contributed by atoms with Gasteiger partial charge in [-0.2, -0.15) is 0 Å². The zero-order valence-electron chi connectivity index (χ0n) is 9.93. The van der Waals surface area contributed by atoms with Crippen molar-refractivity contribution in [1.29, 1.82) is 0 Å². The Morgan fingerprint density at radius 3 is 2.65 bits per heavy atom. The molecule has 1 fully saturated rings. The molecule has 2 rings (SSSR count). The van der Waals surface area contributed by atoms with E-state index in [9.17, 15) is 8.42 Å². The molecular weight excluding hydrogens is 258 g/mol. The number of aryl methyl sites for hydroxylation is 1. The molecule has 96 valence electrons. The summed E-state index contributed by atoms with van der Waals surface area (Å²) in [4.78, 5) is 3.94. The molecule has 0 spiro atoms. The first-order valence-corrected chi connectivity index (χ1v) is 7.93. The van der Waals surface area contributed by atoms with Crippen LogP contribution in [0.1, 0.15) is 31.9 Å². The fourth-order valence-electron chi connectivity index (χ4n) is 2.24. The Bertz CT molecular complexity index is 510. The Hall–Kier alpha value is -0.660. The first kappa shape index (κ1) is 12.8. The molecule has 0 amide bonds. The third kappa shape index (κ3) is 2.78. The largest absolute Gasteiger partial charge is 0.375 e. The van der Waals surface area contributed by atoms with Crippen molar-refractivity contribution in [1.82, 2.24) is 9.71 Å². The molecule has 1 heterocycles. The van der Waals surface area contributed by atoms with Crippen LogP contribution in [-0.2, 0) is 10.0 Å². The van der Waals surface area contributed by atoms with E-state index >= 15 is 0 Å². The number of nitrogens with two attached hydrogens (primary N) is 1. The van der Waals surface area contributed by atoms with Crippen LogP contribution >= 0.6 is 11.3 Å². The molecule has 1 aromatic heterocycles. The average Bonchev–Trinajstić information content (AvgIpc) is 2.72. The minimum absolute atomic E-state index is 0.0534. The number of hydrogen-bond donors (Lipinski definition) is 2. The van der Waals surface area contributed by atoms with E-state index in [4.69, 9.17) is 5.73 Å². The molecule has 0 aliphatic heterocycles. The number of rotatable bonds is 3. The van der Waals surface area contributed by atoms with Gasteiger partial charge in [-0.05, 0) is 32.1 Å². The smallest absolute Gasteiger partial charge is 0.252 e. The number of nitrogen functional groups attached to an aromatic ring is 1. The van der Waals surface area contributed by atoms with E-state index in [1.54, 1.807) is 6.92 Å². The van der Waals surface area contributed by atoms with E-state index in [1.807, 2.05) is 0 Å². The van der Waals surface area contributed by atoms with Crippen molar-refractivity contribution in [2.24, 2.45) is 5.92 Å². The van der Waals surface area contributed by atoms with Crippen LogP contribution < -0.4 is 10.5 Å². The highest BCUT2D eigenvalue weighted by Gasteiger charge is 2.28. The zero-order chi connectivity index (χ0) is 12.6. The number of hydrogen-bond acceptors (Lipinski definition) is 5. The molecule has 1 aromatic rings. The molecule has 1 aliphatic rings. The number of sulfonamides is 1. The summed E-state index contributed by atoms with van der Waals surface area (Å²) in [6.07, 6.45) is 2.90. The van der Waals surface area contributed by atoms with Crippen molar-refractivity contribution in [3.8, 4) is 0 Å². The molecule has 0 saturated heterocycles. The third-order valence-electron chi connectivity index (χ3n) is 3.03. The van der Waals surface area contributed by atoms with Crippen LogP contribution in [0.3, 0.4) is 0 Å². The molecule has 1 saturated carbocycles. The van der Waals surface area contributed by atoms with Crippen LogP contribution in [0.2, 0.25) is 0 Å². The molecule has 3 N–H and O–H groups in total. The number of nitrogens with zero attached hydrogens (tertiary/aromatic N) is 1. The normalized spacial score (nSPS) is 25.3. The Morgan fingerprint density at radius 1 is 1.47 bits per heavy atom. The molecular formula is C10H17N3O2S2. The quantitative estimate of drug-likeness (QED) is 0.875. The highest BCUT2D eigenvalue weighted by molar-refractivity contribution is 7.91. The van der Waals surface area contributed by atoms with Crippen LogP contribution in [0.5, 0.6) is 0 Å². The lowest BCUT2D eigenvalue weighted by Crippen LogP contribution is -2.32. The summed E-state index contributed by atoms with van der Waals surface area (Å²) in [5, 5.41) is 0.294. The first-order valence-electron chi connectivity index (χ1n) is 5.63. The number of anilines is 1. The minimum Gasteiger partial charge on any atom is -0.375 e. The van der Waals surface area contributed by atoms with E-state index in [0.717, 1.165) is 30.6 Å². The van der Waals surface area contributed by atoms with Crippen LogP contribution in [0, 0.1) is 12.8 Å². The third-order valence-corrected chi connectivity index (χ3v) is 6.15. The predicted molar refractivity (Wildman–Crippen MR) is 68.4 cm³/mol. The lowest BCUT2D eigenvalue weighted by molar-refractivity contribution is 0.539. The fourth-order valence-corrected chi connectivity index (χ4v) is 4.84. The molecule has 7 heteroatoms. The Balaban J connectivity index is 2.17. The summed E-state index contributed by atoms with van der Waals surface area (Å²) in [7, 11) is -3.45. The molecule has 5 nitrogen and oxygen atoms in total. The van der Waals surface area contributed by atoms with Gasteiger partial charge in [0, 0.05) is 6.04 Å². The maximum absolute atomic E-state index is 12.1. The van der Waals surface area contributed by atoms with E-state index in [1.165, 1.54) is 0 Å². The Labute approximate surface area is 105 Å². The zero-order valence-corrected chi connectivity index (χ0v) is 11.6. The van der Waals surface area contributed by atoms with Gasteiger partial charge in [-0.15, -0.1) is 0 Å². The molecule has 17 heavy (non-hydrogen) atoms. The van der Waals surface area contributed by atoms with Gasteiger partial charge >= 0.3 is 0 Å². The van der Waals surface area contributed by atoms with Gasteiger partial charge in [0.05, 0.1) is 5.69 Å². The van der Waals surface area contributed by atoms with Gasteiger partial charge in [0.1, 0.15) is 0 Å². The SMILES string of the molecule is Cc1nc(N)sc1S(=O)(=O)NC1CCC(C)C1. The van der Waals surface area contributed by atoms with Crippen molar-refractivity contribution in [2.45, 2.75) is 43.4 Å². The Kier molecular flexibility index (Phi) is 3.42. The number of aromatic nitrogens is 1. The van der Waals surface area contributed by atoms with E-state index in [-0.39, 0.29) is 10.3 Å². The van der Waals surface area contributed by atoms with E-state index < -0.39 is 10.0 Å². The van der Waals surface area contributed by atoms with Crippen molar-refractivity contribution in [2.75, 3.05) is 5.73 Å². The highest BCUT2D eigenvalue weighted by Crippen LogP contribution is 2.29. The number of nitrogens with one attached hydrogen (secondary N) is 1. The monoisotopic (exact) mass is 275 g/mol. The summed E-state index contributed by atoms with van der Waals surface area (Å²) in [5.41, 5.74) is 6.00. The molecule has 1 aliphatic carbocycles. The lowest BCUT2D eigenvalue weighted by atomic mass is 10.1. The van der Waals surface area contributed by atoms with Crippen LogP contribution in [-0.4, -0.2) is 19.4 Å². The Morgan fingerprint density at radius 2 is 2.18 bits per heavy atom. The van der Waals surface area contributed by atoms with Crippen LogP contribution in [0.15, 0.2) is 4.21 Å². The maximum Gasteiger partial charge on any atom is 0.252 e. The van der Waals surface area contributed by atoms with E-state index in [0.29, 0.717) is 16.7 Å². The molecule has 2 atom stereocenters. The lowest BCUT2D eigenvalue weighted by Gasteiger charge is -2.11. The van der Waals surface area contributed by atoms with Crippen molar-refractivity contribution in [3.63, 3.8) is 0 Å². The molecule has 2 unspecified atom stereocenters. The average molecular weight is 275 g/mol. The second-order valence-electron chi connectivity index (χ2n) is 4.66. The fraction of sp³-hybridized carbons (Fsp3) is 0.700. The first-order chi connectivity index (χ1) is 7.88. The summed E-state index contributed by atoms with van der Waals surface area (Å²) >= 11 is 1.02. The van der Waals surface area contributed by atoms with E-state index in [2.05, 4.69) is 16.6 Å². The minimum atomic E-state index is -3.45. The van der Waals surface area contributed by atoms with Gasteiger partial charge < -0.3 is 5.73 Å². The van der Waals surface area contributed by atoms with Crippen LogP contribution in [0.4, 0.5) is 5.13 Å². The topological polar surface area (TPSA) is 85.1 Å². The second-order valence-corrected chi connectivity index (χ2v) is 7.60. The van der Waals surface area contributed by atoms with Crippen molar-refractivity contribution >= 4 is 26.5 Å². The maximum atomic E-state index is 12.1. The summed E-state index contributed by atoms with van der Waals surface area (Å²) in [6, 6.07) is 0.0534. The predicted octanol–water partition coefficient (Wildman–Crippen LogP) is 1.50. The van der Waals surface area contributed by atoms with Gasteiger partial charge in [-0.3, -0.25) is 0 Å². The van der Waals surface area contributed by atoms with Gasteiger partial charge in [0.15, 0.2) is 9.34 Å². The summed E-state index contributed by atoms with van der Waals surface area (Å²) in [5.74, 6) is 0.593. The number of thiazole rings is 1.